The molecule has 0 bridgehead atoms. The number of rotatable bonds is 2. The first-order valence-corrected chi connectivity index (χ1v) is 4.31. The van der Waals surface area contributed by atoms with Gasteiger partial charge < -0.3 is 0 Å². The average molecular weight is 137 g/mol. The Morgan fingerprint density at radius 2 is 2.17 bits per heavy atom. The quantitative estimate of drug-likeness (QED) is 0.511. The van der Waals surface area contributed by atoms with Crippen LogP contribution >= 0.6 is 0 Å². The van der Waals surface area contributed by atoms with Gasteiger partial charge in [0, 0.05) is 0 Å². The van der Waals surface area contributed by atoms with Crippen molar-refractivity contribution in [3.8, 4) is 0 Å². The third kappa shape index (κ3) is 4.62. The molecule has 0 aromatic rings. The van der Waals surface area contributed by atoms with Crippen LogP contribution in [0.1, 0.15) is 26.7 Å². The van der Waals surface area contributed by atoms with Crippen LogP contribution in [0.3, 0.4) is 0 Å². The summed E-state index contributed by atoms with van der Waals surface area (Å²) >= 11 is 1.47. The molecule has 6 heavy (non-hydrogen) atoms. The minimum absolute atomic E-state index is 1.02. The summed E-state index contributed by atoms with van der Waals surface area (Å²) in [6.07, 6.45) is 2.79. The maximum atomic E-state index is 2.31. The van der Waals surface area contributed by atoms with Crippen molar-refractivity contribution in [2.45, 2.75) is 31.2 Å². The second kappa shape index (κ2) is 3.80. The Labute approximate surface area is 50.0 Å². The van der Waals surface area contributed by atoms with Gasteiger partial charge in [-0.2, -0.15) is 0 Å². The molecule has 0 N–H and O–H groups in total. The molecule has 0 aliphatic heterocycles. The average Bonchev–Trinajstić information content (AvgIpc) is 1.35. The van der Waals surface area contributed by atoms with Crippen molar-refractivity contribution in [3.05, 3.63) is 0 Å². The van der Waals surface area contributed by atoms with Crippen LogP contribution in [0.15, 0.2) is 0 Å². The summed E-state index contributed by atoms with van der Waals surface area (Å²) in [6, 6.07) is 0. The molecule has 0 radical (unpaired) electrons. The van der Waals surface area contributed by atoms with Crippen molar-refractivity contribution in [2.75, 3.05) is 0 Å². The van der Waals surface area contributed by atoms with E-state index < -0.39 is 0 Å². The molecule has 0 rings (SSSR count). The van der Waals surface area contributed by atoms with Gasteiger partial charge in [-0.1, -0.05) is 0 Å². The molecular formula is C5H11Zn. The van der Waals surface area contributed by atoms with E-state index in [1.165, 1.54) is 31.1 Å². The van der Waals surface area contributed by atoms with Gasteiger partial charge in [0.15, 0.2) is 0 Å². The normalized spacial score (nSPS) is 14.7. The molecule has 0 nitrogen and oxygen atoms in total. The van der Waals surface area contributed by atoms with Crippen molar-refractivity contribution in [1.29, 1.82) is 0 Å². The molecule has 0 aromatic heterocycles. The van der Waals surface area contributed by atoms with Gasteiger partial charge in [-0.3, -0.25) is 0 Å². The molecular weight excluding hydrogens is 125 g/mol. The third-order valence-corrected chi connectivity index (χ3v) is 1.64. The Balaban J connectivity index is 2.63. The standard InChI is InChI=1S/C5H11.Zn/c1-3-5-4-2;/h3H,4-5H2,1-2H3;. The first-order chi connectivity index (χ1) is 2.77. The SMILES string of the molecule is CCC[CH](C)[Zn]. The predicted molar refractivity (Wildman–Crippen MR) is 24.3 cm³/mol. The van der Waals surface area contributed by atoms with E-state index in [4.69, 9.17) is 0 Å². The van der Waals surface area contributed by atoms with Crippen molar-refractivity contribution in [2.24, 2.45) is 0 Å². The van der Waals surface area contributed by atoms with E-state index in [1.54, 1.807) is 0 Å². The molecule has 1 heteroatoms. The molecule has 0 aromatic carbocycles. The van der Waals surface area contributed by atoms with Crippen molar-refractivity contribution >= 4 is 0 Å². The predicted octanol–water partition coefficient (Wildman–Crippen LogP) is 2.14. The monoisotopic (exact) mass is 135 g/mol. The van der Waals surface area contributed by atoms with E-state index in [0.29, 0.717) is 0 Å². The van der Waals surface area contributed by atoms with E-state index in [0.717, 1.165) is 4.51 Å². The van der Waals surface area contributed by atoms with Crippen LogP contribution in [-0.2, 0) is 18.3 Å². The fourth-order valence-corrected chi connectivity index (χ4v) is 1.35. The summed E-state index contributed by atoms with van der Waals surface area (Å²) in [7, 11) is 0. The fourth-order valence-electron chi connectivity index (χ4n) is 0.493. The van der Waals surface area contributed by atoms with Crippen LogP contribution in [-0.4, -0.2) is 0 Å². The van der Waals surface area contributed by atoms with E-state index in [9.17, 15) is 0 Å². The molecule has 0 saturated carbocycles. The molecule has 0 amide bonds. The fraction of sp³-hybridized carbons (Fsp3) is 1.00. The number of hydrogen-bond acceptors (Lipinski definition) is 0. The van der Waals surface area contributed by atoms with Crippen LogP contribution < -0.4 is 0 Å². The van der Waals surface area contributed by atoms with Gasteiger partial charge in [-0.25, -0.2) is 0 Å². The summed E-state index contributed by atoms with van der Waals surface area (Å²) in [6.45, 7) is 4.55. The van der Waals surface area contributed by atoms with Gasteiger partial charge in [0.25, 0.3) is 0 Å². The second-order valence-corrected chi connectivity index (χ2v) is 4.82. The van der Waals surface area contributed by atoms with Gasteiger partial charge in [-0.05, 0) is 0 Å². The van der Waals surface area contributed by atoms with E-state index in [-0.39, 0.29) is 0 Å². The van der Waals surface area contributed by atoms with Gasteiger partial charge >= 0.3 is 49.5 Å². The van der Waals surface area contributed by atoms with Gasteiger partial charge in [-0.15, -0.1) is 0 Å². The summed E-state index contributed by atoms with van der Waals surface area (Å²) in [4.78, 5) is 0. The second-order valence-electron chi connectivity index (χ2n) is 1.89. The van der Waals surface area contributed by atoms with Gasteiger partial charge in [0.05, 0.1) is 0 Å². The van der Waals surface area contributed by atoms with Gasteiger partial charge in [0.1, 0.15) is 0 Å². The molecule has 33 valence electrons. The molecule has 1 atom stereocenters. The van der Waals surface area contributed by atoms with Crippen LogP contribution in [0.25, 0.3) is 0 Å². The molecule has 1 unspecified atom stereocenters. The third-order valence-electron chi connectivity index (χ3n) is 0.781. The van der Waals surface area contributed by atoms with Crippen LogP contribution in [0.2, 0.25) is 4.51 Å². The van der Waals surface area contributed by atoms with E-state index in [1.807, 2.05) is 0 Å². The molecule has 0 saturated heterocycles. The van der Waals surface area contributed by atoms with Crippen molar-refractivity contribution in [3.63, 3.8) is 0 Å². The van der Waals surface area contributed by atoms with Crippen molar-refractivity contribution < 1.29 is 18.3 Å². The first-order valence-electron chi connectivity index (χ1n) is 2.60. The zero-order valence-corrected chi connectivity index (χ0v) is 7.67. The first kappa shape index (κ1) is 6.62. The van der Waals surface area contributed by atoms with Crippen LogP contribution in [0.5, 0.6) is 0 Å². The van der Waals surface area contributed by atoms with E-state index >= 15 is 0 Å². The summed E-state index contributed by atoms with van der Waals surface area (Å²) in [5.41, 5.74) is 0. The Morgan fingerprint density at radius 3 is 2.17 bits per heavy atom. The Bertz CT molecular complexity index is 25.1. The summed E-state index contributed by atoms with van der Waals surface area (Å²) < 4.78 is 1.02. The van der Waals surface area contributed by atoms with Crippen molar-refractivity contribution in [1.82, 2.24) is 0 Å². The number of hydrogen-bond donors (Lipinski definition) is 0. The minimum atomic E-state index is 1.02. The van der Waals surface area contributed by atoms with E-state index in [2.05, 4.69) is 13.8 Å². The Morgan fingerprint density at radius 1 is 1.67 bits per heavy atom. The topological polar surface area (TPSA) is 0 Å². The van der Waals surface area contributed by atoms with Crippen LogP contribution in [0, 0.1) is 0 Å². The van der Waals surface area contributed by atoms with Gasteiger partial charge in [0.2, 0.25) is 0 Å². The Kier molecular flexibility index (Phi) is 4.20. The molecule has 0 spiro atoms. The molecule has 0 aliphatic carbocycles. The summed E-state index contributed by atoms with van der Waals surface area (Å²) in [5, 5.41) is 0. The summed E-state index contributed by atoms with van der Waals surface area (Å²) in [5.74, 6) is 0. The zero-order valence-electron chi connectivity index (χ0n) is 4.70. The zero-order chi connectivity index (χ0) is 4.99. The van der Waals surface area contributed by atoms with Crippen LogP contribution in [0.4, 0.5) is 0 Å². The molecule has 0 heterocycles. The Hall–Kier alpha value is 0.623. The molecule has 0 aliphatic rings. The maximum absolute atomic E-state index is 2.31. The molecule has 0 fully saturated rings.